The van der Waals surface area contributed by atoms with Crippen molar-refractivity contribution in [1.29, 1.82) is 0 Å². The Hall–Kier alpha value is -2.23. The number of nitrogens with zero attached hydrogens (tertiary/aromatic N) is 3. The van der Waals surface area contributed by atoms with Gasteiger partial charge in [0.2, 0.25) is 0 Å². The van der Waals surface area contributed by atoms with Crippen molar-refractivity contribution in [2.45, 2.75) is 0 Å². The Morgan fingerprint density at radius 2 is 1.93 bits per heavy atom. The monoisotopic (exact) mass is 196 g/mol. The number of hydrogen-bond acceptors (Lipinski definition) is 3. The minimum Gasteiger partial charge on any atom is -0.346 e. The molecule has 72 valence electrons. The number of rotatable bonds is 1. The van der Waals surface area contributed by atoms with Crippen molar-refractivity contribution in [3.8, 4) is 11.4 Å². The van der Waals surface area contributed by atoms with Crippen LogP contribution in [0.4, 0.5) is 0 Å². The maximum atomic E-state index is 4.41. The van der Waals surface area contributed by atoms with Crippen molar-refractivity contribution in [2.75, 3.05) is 0 Å². The number of aromatic amines is 1. The van der Waals surface area contributed by atoms with Crippen LogP contribution in [-0.4, -0.2) is 19.9 Å². The first-order chi connectivity index (χ1) is 7.43. The highest BCUT2D eigenvalue weighted by Gasteiger charge is 2.02. The minimum absolute atomic E-state index is 0.715. The molecule has 0 aliphatic heterocycles. The SMILES string of the molecule is c1cc(-c2ncc3cc[nH]c3n2)ccn1. The largest absolute Gasteiger partial charge is 0.346 e. The summed E-state index contributed by atoms with van der Waals surface area (Å²) in [6.07, 6.45) is 7.14. The van der Waals surface area contributed by atoms with E-state index >= 15 is 0 Å². The molecule has 0 aliphatic rings. The topological polar surface area (TPSA) is 54.5 Å². The Labute approximate surface area is 86.0 Å². The van der Waals surface area contributed by atoms with Gasteiger partial charge in [0.15, 0.2) is 5.82 Å². The van der Waals surface area contributed by atoms with Gasteiger partial charge >= 0.3 is 0 Å². The second kappa shape index (κ2) is 3.16. The van der Waals surface area contributed by atoms with Gasteiger partial charge in [-0.15, -0.1) is 0 Å². The normalized spacial score (nSPS) is 10.7. The van der Waals surface area contributed by atoms with E-state index in [0.717, 1.165) is 16.6 Å². The average Bonchev–Trinajstić information content (AvgIpc) is 2.77. The molecule has 0 saturated heterocycles. The van der Waals surface area contributed by atoms with Gasteiger partial charge in [-0.25, -0.2) is 9.97 Å². The highest BCUT2D eigenvalue weighted by atomic mass is 14.9. The van der Waals surface area contributed by atoms with E-state index in [2.05, 4.69) is 19.9 Å². The van der Waals surface area contributed by atoms with Crippen molar-refractivity contribution in [1.82, 2.24) is 19.9 Å². The van der Waals surface area contributed by atoms with Crippen molar-refractivity contribution in [3.63, 3.8) is 0 Å². The van der Waals surface area contributed by atoms with Crippen LogP contribution in [0.25, 0.3) is 22.4 Å². The summed E-state index contributed by atoms with van der Waals surface area (Å²) in [6.45, 7) is 0. The van der Waals surface area contributed by atoms with Gasteiger partial charge in [0.1, 0.15) is 5.65 Å². The summed E-state index contributed by atoms with van der Waals surface area (Å²) < 4.78 is 0. The van der Waals surface area contributed by atoms with Crippen LogP contribution < -0.4 is 0 Å². The average molecular weight is 196 g/mol. The number of aromatic nitrogens is 4. The summed E-state index contributed by atoms with van der Waals surface area (Å²) in [6, 6.07) is 5.74. The molecule has 0 aliphatic carbocycles. The molecule has 1 N–H and O–H groups in total. The fourth-order valence-electron chi connectivity index (χ4n) is 1.48. The second-order valence-electron chi connectivity index (χ2n) is 3.21. The van der Waals surface area contributed by atoms with E-state index in [4.69, 9.17) is 0 Å². The van der Waals surface area contributed by atoms with Crippen LogP contribution in [-0.2, 0) is 0 Å². The summed E-state index contributed by atoms with van der Waals surface area (Å²) in [7, 11) is 0. The van der Waals surface area contributed by atoms with Gasteiger partial charge in [-0.2, -0.15) is 0 Å². The van der Waals surface area contributed by atoms with Crippen LogP contribution in [0.3, 0.4) is 0 Å². The van der Waals surface area contributed by atoms with Gasteiger partial charge in [-0.1, -0.05) is 0 Å². The molecule has 0 atom stereocenters. The molecule has 15 heavy (non-hydrogen) atoms. The highest BCUT2D eigenvalue weighted by molar-refractivity contribution is 5.76. The molecule has 4 heteroatoms. The molecule has 0 aromatic carbocycles. The lowest BCUT2D eigenvalue weighted by Gasteiger charge is -1.98. The Morgan fingerprint density at radius 3 is 2.80 bits per heavy atom. The maximum absolute atomic E-state index is 4.41. The minimum atomic E-state index is 0.715. The fraction of sp³-hybridized carbons (Fsp3) is 0. The summed E-state index contributed by atoms with van der Waals surface area (Å²) in [4.78, 5) is 15.7. The molecule has 4 nitrogen and oxygen atoms in total. The summed E-state index contributed by atoms with van der Waals surface area (Å²) in [5, 5.41) is 1.02. The highest BCUT2D eigenvalue weighted by Crippen LogP contribution is 2.16. The first kappa shape index (κ1) is 8.11. The molecule has 3 aromatic heterocycles. The zero-order valence-corrected chi connectivity index (χ0v) is 7.88. The van der Waals surface area contributed by atoms with Gasteiger partial charge in [0, 0.05) is 35.7 Å². The maximum Gasteiger partial charge on any atom is 0.161 e. The van der Waals surface area contributed by atoms with Crippen LogP contribution in [0, 0.1) is 0 Å². The van der Waals surface area contributed by atoms with Crippen LogP contribution >= 0.6 is 0 Å². The number of fused-ring (bicyclic) bond motifs is 1. The number of H-pyrrole nitrogens is 1. The van der Waals surface area contributed by atoms with E-state index in [-0.39, 0.29) is 0 Å². The van der Waals surface area contributed by atoms with Crippen molar-refractivity contribution in [2.24, 2.45) is 0 Å². The fourth-order valence-corrected chi connectivity index (χ4v) is 1.48. The van der Waals surface area contributed by atoms with Gasteiger partial charge in [0.25, 0.3) is 0 Å². The lowest BCUT2D eigenvalue weighted by molar-refractivity contribution is 1.20. The van der Waals surface area contributed by atoms with E-state index < -0.39 is 0 Å². The molecule has 0 amide bonds. The lowest BCUT2D eigenvalue weighted by atomic mass is 10.2. The number of pyridine rings is 1. The van der Waals surface area contributed by atoms with E-state index in [0.29, 0.717) is 5.82 Å². The van der Waals surface area contributed by atoms with Crippen LogP contribution in [0.1, 0.15) is 0 Å². The van der Waals surface area contributed by atoms with Crippen molar-refractivity contribution in [3.05, 3.63) is 43.0 Å². The van der Waals surface area contributed by atoms with Crippen LogP contribution in [0.5, 0.6) is 0 Å². The third-order valence-corrected chi connectivity index (χ3v) is 2.24. The third-order valence-electron chi connectivity index (χ3n) is 2.24. The molecule has 0 unspecified atom stereocenters. The molecule has 0 spiro atoms. The molecule has 3 aromatic rings. The predicted molar refractivity (Wildman–Crippen MR) is 57.1 cm³/mol. The van der Waals surface area contributed by atoms with Crippen molar-refractivity contribution < 1.29 is 0 Å². The predicted octanol–water partition coefficient (Wildman–Crippen LogP) is 2.02. The molecule has 3 heterocycles. The van der Waals surface area contributed by atoms with E-state index in [1.54, 1.807) is 12.4 Å². The Kier molecular flexibility index (Phi) is 1.71. The Balaban J connectivity index is 2.19. The quantitative estimate of drug-likeness (QED) is 0.647. The summed E-state index contributed by atoms with van der Waals surface area (Å²) >= 11 is 0. The molecule has 0 radical (unpaired) electrons. The van der Waals surface area contributed by atoms with E-state index in [9.17, 15) is 0 Å². The Morgan fingerprint density at radius 1 is 1.07 bits per heavy atom. The molecule has 3 rings (SSSR count). The van der Waals surface area contributed by atoms with Gasteiger partial charge < -0.3 is 4.98 Å². The molecular weight excluding hydrogens is 188 g/mol. The number of hydrogen-bond donors (Lipinski definition) is 1. The van der Waals surface area contributed by atoms with Gasteiger partial charge in [-0.3, -0.25) is 4.98 Å². The summed E-state index contributed by atoms with van der Waals surface area (Å²) in [5.41, 5.74) is 1.83. The van der Waals surface area contributed by atoms with Gasteiger partial charge in [-0.05, 0) is 18.2 Å². The first-order valence-corrected chi connectivity index (χ1v) is 4.64. The molecule has 0 bridgehead atoms. The van der Waals surface area contributed by atoms with E-state index in [1.165, 1.54) is 0 Å². The number of nitrogens with one attached hydrogen (secondary N) is 1. The molecule has 0 saturated carbocycles. The third kappa shape index (κ3) is 1.36. The van der Waals surface area contributed by atoms with Gasteiger partial charge in [0.05, 0.1) is 0 Å². The zero-order valence-electron chi connectivity index (χ0n) is 7.88. The molecular formula is C11H8N4. The summed E-state index contributed by atoms with van der Waals surface area (Å²) in [5.74, 6) is 0.715. The lowest BCUT2D eigenvalue weighted by Crippen LogP contribution is -1.88. The van der Waals surface area contributed by atoms with Crippen LogP contribution in [0.15, 0.2) is 43.0 Å². The second-order valence-corrected chi connectivity index (χ2v) is 3.21. The van der Waals surface area contributed by atoms with E-state index in [1.807, 2.05) is 30.6 Å². The molecule has 0 fully saturated rings. The smallest absolute Gasteiger partial charge is 0.161 e. The van der Waals surface area contributed by atoms with Crippen molar-refractivity contribution >= 4 is 11.0 Å². The zero-order chi connectivity index (χ0) is 10.1. The first-order valence-electron chi connectivity index (χ1n) is 4.64. The Bertz CT molecular complexity index is 586. The van der Waals surface area contributed by atoms with Crippen LogP contribution in [0.2, 0.25) is 0 Å². The standard InChI is InChI=1S/C11H8N4/c1-4-12-5-2-8(1)10-14-7-9-3-6-13-11(9)15-10/h1-7H,(H,13,14,15).